The Bertz CT molecular complexity index is 940. The molecule has 0 radical (unpaired) electrons. The van der Waals surface area contributed by atoms with Gasteiger partial charge in [-0.25, -0.2) is 4.98 Å². The van der Waals surface area contributed by atoms with E-state index in [0.717, 1.165) is 38.9 Å². The fourth-order valence-corrected chi connectivity index (χ4v) is 2.52. The maximum Gasteiger partial charge on any atom is 0.185 e. The van der Waals surface area contributed by atoms with Crippen LogP contribution in [-0.2, 0) is 0 Å². The molecule has 0 fully saturated rings. The van der Waals surface area contributed by atoms with E-state index in [1.165, 1.54) is 0 Å². The van der Waals surface area contributed by atoms with Crippen molar-refractivity contribution in [3.05, 3.63) is 48.5 Å². The predicted octanol–water partition coefficient (Wildman–Crippen LogP) is 3.08. The first-order valence-corrected chi connectivity index (χ1v) is 5.97. The zero-order valence-corrected chi connectivity index (χ0v) is 9.92. The first kappa shape index (κ1) is 10.2. The van der Waals surface area contributed by atoms with Gasteiger partial charge < -0.3 is 4.98 Å². The maximum atomic E-state index is 10.8. The Kier molecular flexibility index (Phi) is 1.94. The average molecular weight is 247 g/mol. The maximum absolute atomic E-state index is 10.8. The summed E-state index contributed by atoms with van der Waals surface area (Å²) >= 11 is 0. The van der Waals surface area contributed by atoms with Crippen LogP contribution in [-0.4, -0.2) is 21.2 Å². The molecule has 4 rings (SSSR count). The summed E-state index contributed by atoms with van der Waals surface area (Å²) in [5.74, 6) is 0.355. The number of fused-ring (bicyclic) bond motifs is 5. The van der Waals surface area contributed by atoms with Gasteiger partial charge in [0.15, 0.2) is 12.1 Å². The second-order valence-electron chi connectivity index (χ2n) is 4.46. The zero-order valence-electron chi connectivity index (χ0n) is 9.92. The van der Waals surface area contributed by atoms with Crippen LogP contribution in [0.3, 0.4) is 0 Å². The highest BCUT2D eigenvalue weighted by Crippen LogP contribution is 2.29. The number of aromatic amines is 1. The van der Waals surface area contributed by atoms with Gasteiger partial charge in [-0.3, -0.25) is 9.78 Å². The minimum Gasteiger partial charge on any atom is -0.336 e. The molecule has 19 heavy (non-hydrogen) atoms. The number of carbonyl (C=O) groups is 1. The summed E-state index contributed by atoms with van der Waals surface area (Å²) in [5.41, 5.74) is 1.70. The Morgan fingerprint density at radius 2 is 1.89 bits per heavy atom. The van der Waals surface area contributed by atoms with Gasteiger partial charge in [-0.2, -0.15) is 0 Å². The molecule has 0 saturated heterocycles. The van der Waals surface area contributed by atoms with Gasteiger partial charge in [0.25, 0.3) is 0 Å². The molecular weight excluding hydrogens is 238 g/mol. The standard InChI is InChI=1S/C15H9N3O/c19-8-14-17-13-4-3-10-11(15(13)18-14)2-1-9-5-6-16-7-12(9)10/h1-8H,(H,17,18). The SMILES string of the molecule is O=Cc1nc2c(ccc3c4cnccc4ccc32)[nH]1. The first-order chi connectivity index (χ1) is 9.36. The van der Waals surface area contributed by atoms with Crippen LogP contribution in [0.2, 0.25) is 0 Å². The number of hydrogen-bond acceptors (Lipinski definition) is 3. The Morgan fingerprint density at radius 3 is 2.79 bits per heavy atom. The van der Waals surface area contributed by atoms with Crippen molar-refractivity contribution < 1.29 is 4.79 Å². The molecule has 0 bridgehead atoms. The topological polar surface area (TPSA) is 58.6 Å². The van der Waals surface area contributed by atoms with Gasteiger partial charge >= 0.3 is 0 Å². The number of aldehydes is 1. The van der Waals surface area contributed by atoms with Crippen molar-refractivity contribution in [3.63, 3.8) is 0 Å². The van der Waals surface area contributed by atoms with Crippen molar-refractivity contribution >= 4 is 38.9 Å². The number of carbonyl (C=O) groups excluding carboxylic acids is 1. The minimum absolute atomic E-state index is 0.355. The zero-order chi connectivity index (χ0) is 12.8. The number of aromatic nitrogens is 3. The van der Waals surface area contributed by atoms with Crippen LogP contribution in [0.4, 0.5) is 0 Å². The second-order valence-corrected chi connectivity index (χ2v) is 4.46. The van der Waals surface area contributed by atoms with Crippen LogP contribution in [0.1, 0.15) is 10.6 Å². The summed E-state index contributed by atoms with van der Waals surface area (Å²) in [6, 6.07) is 10.1. The van der Waals surface area contributed by atoms with Gasteiger partial charge in [-0.05, 0) is 22.9 Å². The largest absolute Gasteiger partial charge is 0.336 e. The number of hydrogen-bond donors (Lipinski definition) is 1. The van der Waals surface area contributed by atoms with Crippen LogP contribution in [0, 0.1) is 0 Å². The lowest BCUT2D eigenvalue weighted by molar-refractivity contribution is 0.111. The first-order valence-electron chi connectivity index (χ1n) is 5.97. The minimum atomic E-state index is 0.355. The molecule has 0 atom stereocenters. The average Bonchev–Trinajstić information content (AvgIpc) is 2.90. The molecule has 0 aliphatic carbocycles. The molecule has 1 N–H and O–H groups in total. The number of nitrogens with zero attached hydrogens (tertiary/aromatic N) is 2. The van der Waals surface area contributed by atoms with Gasteiger partial charge in [0.05, 0.1) is 11.0 Å². The molecule has 0 saturated carbocycles. The lowest BCUT2D eigenvalue weighted by Crippen LogP contribution is -1.81. The molecular formula is C15H9N3O. The smallest absolute Gasteiger partial charge is 0.185 e. The van der Waals surface area contributed by atoms with Crippen molar-refractivity contribution in [1.82, 2.24) is 15.0 Å². The van der Waals surface area contributed by atoms with E-state index in [0.29, 0.717) is 5.82 Å². The van der Waals surface area contributed by atoms with E-state index in [2.05, 4.69) is 15.0 Å². The van der Waals surface area contributed by atoms with Crippen LogP contribution in [0.15, 0.2) is 42.7 Å². The number of benzene rings is 2. The highest BCUT2D eigenvalue weighted by Gasteiger charge is 2.08. The van der Waals surface area contributed by atoms with Crippen molar-refractivity contribution in [2.75, 3.05) is 0 Å². The van der Waals surface area contributed by atoms with Crippen LogP contribution in [0.25, 0.3) is 32.6 Å². The van der Waals surface area contributed by atoms with E-state index in [-0.39, 0.29) is 0 Å². The molecule has 2 heterocycles. The summed E-state index contributed by atoms with van der Waals surface area (Å²) in [6.45, 7) is 0. The van der Waals surface area contributed by atoms with E-state index in [1.807, 2.05) is 36.5 Å². The molecule has 0 aliphatic heterocycles. The monoisotopic (exact) mass is 247 g/mol. The van der Waals surface area contributed by atoms with Gasteiger partial charge in [0, 0.05) is 23.2 Å². The Morgan fingerprint density at radius 1 is 1.00 bits per heavy atom. The van der Waals surface area contributed by atoms with Gasteiger partial charge in [-0.1, -0.05) is 18.2 Å². The number of H-pyrrole nitrogens is 1. The van der Waals surface area contributed by atoms with Crippen molar-refractivity contribution in [2.24, 2.45) is 0 Å². The lowest BCUT2D eigenvalue weighted by Gasteiger charge is -2.03. The highest BCUT2D eigenvalue weighted by atomic mass is 16.1. The van der Waals surface area contributed by atoms with Crippen LogP contribution in [0.5, 0.6) is 0 Å². The Labute approximate surface area is 108 Å². The molecule has 90 valence electrons. The van der Waals surface area contributed by atoms with Crippen LogP contribution >= 0.6 is 0 Å². The third kappa shape index (κ3) is 1.37. The predicted molar refractivity (Wildman–Crippen MR) is 74.3 cm³/mol. The fourth-order valence-electron chi connectivity index (χ4n) is 2.52. The lowest BCUT2D eigenvalue weighted by atomic mass is 10.0. The molecule has 0 amide bonds. The molecule has 4 nitrogen and oxygen atoms in total. The Balaban J connectivity index is 2.24. The summed E-state index contributed by atoms with van der Waals surface area (Å²) < 4.78 is 0. The number of pyridine rings is 1. The molecule has 2 aromatic carbocycles. The molecule has 0 unspecified atom stereocenters. The highest BCUT2D eigenvalue weighted by molar-refractivity contribution is 6.15. The van der Waals surface area contributed by atoms with E-state index in [4.69, 9.17) is 0 Å². The van der Waals surface area contributed by atoms with Crippen molar-refractivity contribution in [1.29, 1.82) is 0 Å². The van der Waals surface area contributed by atoms with Crippen molar-refractivity contribution in [2.45, 2.75) is 0 Å². The fraction of sp³-hybridized carbons (Fsp3) is 0. The molecule has 0 spiro atoms. The summed E-state index contributed by atoms with van der Waals surface area (Å²) in [7, 11) is 0. The quantitative estimate of drug-likeness (QED) is 0.415. The third-order valence-corrected chi connectivity index (χ3v) is 3.40. The van der Waals surface area contributed by atoms with E-state index in [9.17, 15) is 4.79 Å². The van der Waals surface area contributed by atoms with E-state index in [1.54, 1.807) is 6.20 Å². The molecule has 0 aliphatic rings. The molecule has 2 aromatic heterocycles. The summed E-state index contributed by atoms with van der Waals surface area (Å²) in [5, 5.41) is 4.37. The number of rotatable bonds is 1. The third-order valence-electron chi connectivity index (χ3n) is 3.40. The van der Waals surface area contributed by atoms with Crippen molar-refractivity contribution in [3.8, 4) is 0 Å². The van der Waals surface area contributed by atoms with E-state index < -0.39 is 0 Å². The summed E-state index contributed by atoms with van der Waals surface area (Å²) in [6.07, 6.45) is 4.37. The summed E-state index contributed by atoms with van der Waals surface area (Å²) in [4.78, 5) is 22.3. The van der Waals surface area contributed by atoms with Crippen LogP contribution < -0.4 is 0 Å². The Hall–Kier alpha value is -2.75. The molecule has 4 heteroatoms. The van der Waals surface area contributed by atoms with Gasteiger partial charge in [-0.15, -0.1) is 0 Å². The van der Waals surface area contributed by atoms with Gasteiger partial charge in [0.2, 0.25) is 0 Å². The van der Waals surface area contributed by atoms with Gasteiger partial charge in [0.1, 0.15) is 0 Å². The normalized spacial score (nSPS) is 11.4. The molecule has 4 aromatic rings. The number of imidazole rings is 1. The number of nitrogens with one attached hydrogen (secondary N) is 1. The second kappa shape index (κ2) is 3.62. The van der Waals surface area contributed by atoms with E-state index >= 15 is 0 Å².